The predicted octanol–water partition coefficient (Wildman–Crippen LogP) is 1.48. The van der Waals surface area contributed by atoms with Gasteiger partial charge in [-0.15, -0.1) is 0 Å². The minimum Gasteiger partial charge on any atom is -0.478 e. The zero-order valence-electron chi connectivity index (χ0n) is 10.8. The van der Waals surface area contributed by atoms with Crippen molar-refractivity contribution >= 4 is 27.6 Å². The minimum absolute atomic E-state index is 0.0298. The summed E-state index contributed by atoms with van der Waals surface area (Å²) in [5.74, 6) is -1.30. The van der Waals surface area contributed by atoms with Gasteiger partial charge >= 0.3 is 5.97 Å². The molecule has 0 radical (unpaired) electrons. The Morgan fingerprint density at radius 1 is 1.45 bits per heavy atom. The van der Waals surface area contributed by atoms with E-state index in [1.54, 1.807) is 6.92 Å². The number of carbonyl (C=O) groups is 1. The van der Waals surface area contributed by atoms with E-state index in [2.05, 4.69) is 4.72 Å². The summed E-state index contributed by atoms with van der Waals surface area (Å²) < 4.78 is 26.2. The lowest BCUT2D eigenvalue weighted by atomic mass is 10.2. The fourth-order valence-corrected chi connectivity index (χ4v) is 2.75. The number of halogens is 1. The first-order valence-corrected chi connectivity index (χ1v) is 7.84. The number of rotatable bonds is 7. The molecule has 112 valence electrons. The molecule has 1 unspecified atom stereocenters. The Morgan fingerprint density at radius 3 is 2.65 bits per heavy atom. The van der Waals surface area contributed by atoms with Crippen molar-refractivity contribution in [2.24, 2.45) is 0 Å². The maximum atomic E-state index is 12.0. The van der Waals surface area contributed by atoms with Crippen molar-refractivity contribution in [2.75, 3.05) is 6.54 Å². The minimum atomic E-state index is -3.82. The largest absolute Gasteiger partial charge is 0.478 e. The molecule has 8 heteroatoms. The number of carboxylic acid groups (broad SMARTS) is 1. The van der Waals surface area contributed by atoms with Crippen LogP contribution < -0.4 is 4.72 Å². The molecule has 0 aliphatic heterocycles. The van der Waals surface area contributed by atoms with Gasteiger partial charge in [-0.3, -0.25) is 0 Å². The van der Waals surface area contributed by atoms with E-state index in [1.165, 1.54) is 12.1 Å². The van der Waals surface area contributed by atoms with Crippen molar-refractivity contribution in [1.82, 2.24) is 4.72 Å². The summed E-state index contributed by atoms with van der Waals surface area (Å²) in [6, 6.07) is 3.46. The molecule has 0 amide bonds. The number of aromatic carboxylic acids is 1. The van der Waals surface area contributed by atoms with Crippen LogP contribution in [0.25, 0.3) is 0 Å². The molecule has 0 saturated heterocycles. The van der Waals surface area contributed by atoms with Gasteiger partial charge in [0.15, 0.2) is 0 Å². The van der Waals surface area contributed by atoms with Gasteiger partial charge in [-0.25, -0.2) is 17.9 Å². The van der Waals surface area contributed by atoms with Crippen LogP contribution in [0.1, 0.15) is 30.1 Å². The molecule has 3 N–H and O–H groups in total. The van der Waals surface area contributed by atoms with Crippen molar-refractivity contribution in [3.63, 3.8) is 0 Å². The summed E-state index contributed by atoms with van der Waals surface area (Å²) in [6.07, 6.45) is 0.249. The van der Waals surface area contributed by atoms with Gasteiger partial charge in [-0.05, 0) is 31.0 Å². The van der Waals surface area contributed by atoms with Gasteiger partial charge in [0, 0.05) is 6.54 Å². The van der Waals surface area contributed by atoms with E-state index < -0.39 is 22.1 Å². The fraction of sp³-hybridized carbons (Fsp3) is 0.417. The van der Waals surface area contributed by atoms with Gasteiger partial charge in [0.2, 0.25) is 10.0 Å². The van der Waals surface area contributed by atoms with Crippen molar-refractivity contribution in [2.45, 2.75) is 30.8 Å². The highest BCUT2D eigenvalue weighted by molar-refractivity contribution is 7.89. The van der Waals surface area contributed by atoms with Crippen molar-refractivity contribution in [1.29, 1.82) is 0 Å². The molecule has 1 aromatic rings. The Bertz CT molecular complexity index is 588. The van der Waals surface area contributed by atoms with E-state index in [9.17, 15) is 18.3 Å². The Labute approximate surface area is 122 Å². The van der Waals surface area contributed by atoms with E-state index in [0.717, 1.165) is 6.07 Å². The maximum absolute atomic E-state index is 12.0. The molecule has 0 saturated carbocycles. The molecule has 1 rings (SSSR count). The summed E-state index contributed by atoms with van der Waals surface area (Å²) >= 11 is 5.68. The van der Waals surface area contributed by atoms with Crippen LogP contribution in [0.2, 0.25) is 5.02 Å². The highest BCUT2D eigenvalue weighted by atomic mass is 35.5. The number of carboxylic acids is 1. The lowest BCUT2D eigenvalue weighted by molar-refractivity contribution is 0.0697. The Hall–Kier alpha value is -1.15. The molecule has 1 atom stereocenters. The quantitative estimate of drug-likeness (QED) is 0.705. The van der Waals surface area contributed by atoms with E-state index >= 15 is 0 Å². The van der Waals surface area contributed by atoms with Crippen molar-refractivity contribution < 1.29 is 23.4 Å². The standard InChI is InChI=1S/C12H16ClNO5S/c1-2-8(15)5-6-14-20(18,19)9-3-4-11(13)10(7-9)12(16)17/h3-4,7-8,14-15H,2,5-6H2,1H3,(H,16,17). The van der Waals surface area contributed by atoms with Crippen LogP contribution in [0, 0.1) is 0 Å². The monoisotopic (exact) mass is 321 g/mol. The fourth-order valence-electron chi connectivity index (χ4n) is 1.48. The molecule has 0 heterocycles. The summed E-state index contributed by atoms with van der Waals surface area (Å²) in [5.41, 5.74) is -0.275. The van der Waals surface area contributed by atoms with Crippen LogP contribution in [0.15, 0.2) is 23.1 Å². The average molecular weight is 322 g/mol. The molecule has 0 bridgehead atoms. The summed E-state index contributed by atoms with van der Waals surface area (Å²) in [4.78, 5) is 10.7. The number of aliphatic hydroxyl groups excluding tert-OH is 1. The highest BCUT2D eigenvalue weighted by Gasteiger charge is 2.18. The third-order valence-electron chi connectivity index (χ3n) is 2.72. The number of hydrogen-bond acceptors (Lipinski definition) is 4. The van der Waals surface area contributed by atoms with E-state index in [1.807, 2.05) is 0 Å². The SMILES string of the molecule is CCC(O)CCNS(=O)(=O)c1ccc(Cl)c(C(=O)O)c1. The third-order valence-corrected chi connectivity index (χ3v) is 4.51. The molecule has 20 heavy (non-hydrogen) atoms. The second-order valence-electron chi connectivity index (χ2n) is 4.20. The van der Waals surface area contributed by atoms with E-state index in [4.69, 9.17) is 16.7 Å². The van der Waals surface area contributed by atoms with Crippen molar-refractivity contribution in [3.05, 3.63) is 28.8 Å². The highest BCUT2D eigenvalue weighted by Crippen LogP contribution is 2.20. The number of sulfonamides is 1. The Kier molecular flexibility index (Phi) is 5.94. The zero-order valence-corrected chi connectivity index (χ0v) is 12.4. The van der Waals surface area contributed by atoms with E-state index in [0.29, 0.717) is 6.42 Å². The summed E-state index contributed by atoms with van der Waals surface area (Å²) in [6.45, 7) is 1.86. The summed E-state index contributed by atoms with van der Waals surface area (Å²) in [5, 5.41) is 18.2. The van der Waals surface area contributed by atoms with Crippen LogP contribution in [0.5, 0.6) is 0 Å². The molecule has 1 aromatic carbocycles. The maximum Gasteiger partial charge on any atom is 0.337 e. The van der Waals surface area contributed by atoms with Gasteiger partial charge in [-0.2, -0.15) is 0 Å². The molecule has 0 spiro atoms. The summed E-state index contributed by atoms with van der Waals surface area (Å²) in [7, 11) is -3.82. The van der Waals surface area contributed by atoms with Crippen LogP contribution >= 0.6 is 11.6 Å². The van der Waals surface area contributed by atoms with Gasteiger partial charge in [0.05, 0.1) is 21.6 Å². The smallest absolute Gasteiger partial charge is 0.337 e. The zero-order chi connectivity index (χ0) is 15.3. The van der Waals surface area contributed by atoms with Crippen molar-refractivity contribution in [3.8, 4) is 0 Å². The predicted molar refractivity (Wildman–Crippen MR) is 74.5 cm³/mol. The molecule has 0 fully saturated rings. The normalized spacial score (nSPS) is 13.2. The average Bonchev–Trinajstić information content (AvgIpc) is 2.38. The topological polar surface area (TPSA) is 104 Å². The second kappa shape index (κ2) is 7.03. The Balaban J connectivity index is 2.88. The second-order valence-corrected chi connectivity index (χ2v) is 6.37. The number of benzene rings is 1. The third kappa shape index (κ3) is 4.45. The van der Waals surface area contributed by atoms with Gasteiger partial charge in [0.25, 0.3) is 0 Å². The molecule has 0 aliphatic rings. The van der Waals surface area contributed by atoms with Crippen LogP contribution in [0.3, 0.4) is 0 Å². The Morgan fingerprint density at radius 2 is 2.10 bits per heavy atom. The first kappa shape index (κ1) is 16.9. The first-order chi connectivity index (χ1) is 9.27. The lowest BCUT2D eigenvalue weighted by Gasteiger charge is -2.10. The van der Waals surface area contributed by atoms with Gasteiger partial charge < -0.3 is 10.2 Å². The molecule has 0 aliphatic carbocycles. The number of hydrogen-bond donors (Lipinski definition) is 3. The molecular weight excluding hydrogens is 306 g/mol. The molecular formula is C12H16ClNO5S. The lowest BCUT2D eigenvalue weighted by Crippen LogP contribution is -2.27. The molecule has 6 nitrogen and oxygen atoms in total. The van der Waals surface area contributed by atoms with E-state index in [-0.39, 0.29) is 28.4 Å². The number of nitrogens with one attached hydrogen (secondary N) is 1. The van der Waals surface area contributed by atoms with Gasteiger partial charge in [-0.1, -0.05) is 18.5 Å². The first-order valence-electron chi connectivity index (χ1n) is 5.98. The van der Waals surface area contributed by atoms with Crippen LogP contribution in [0.4, 0.5) is 0 Å². The molecule has 0 aromatic heterocycles. The van der Waals surface area contributed by atoms with Crippen LogP contribution in [-0.4, -0.2) is 37.2 Å². The van der Waals surface area contributed by atoms with Crippen LogP contribution in [-0.2, 0) is 10.0 Å². The van der Waals surface area contributed by atoms with Gasteiger partial charge in [0.1, 0.15) is 0 Å². The number of aliphatic hydroxyl groups is 1.